The van der Waals surface area contributed by atoms with Gasteiger partial charge in [-0.15, -0.1) is 5.10 Å². The van der Waals surface area contributed by atoms with E-state index in [1.165, 1.54) is 16.7 Å². The molecule has 10 heteroatoms. The van der Waals surface area contributed by atoms with Gasteiger partial charge in [0.1, 0.15) is 5.69 Å². The molecule has 4 aromatic rings. The molecular formula is C33H39Cl2N7O. The number of hydrogen-bond donors (Lipinski definition) is 0. The molecule has 1 amide bonds. The first kappa shape index (κ1) is 29.9. The quantitative estimate of drug-likeness (QED) is 0.255. The summed E-state index contributed by atoms with van der Waals surface area (Å²) in [6.45, 7) is 13.4. The minimum atomic E-state index is -0.302. The van der Waals surface area contributed by atoms with Crippen LogP contribution in [0.25, 0.3) is 5.69 Å². The van der Waals surface area contributed by atoms with Gasteiger partial charge in [-0.1, -0.05) is 52.2 Å². The summed E-state index contributed by atoms with van der Waals surface area (Å²) in [7, 11) is 0. The molecule has 1 aliphatic carbocycles. The van der Waals surface area contributed by atoms with E-state index in [1.54, 1.807) is 16.8 Å². The van der Waals surface area contributed by atoms with E-state index in [9.17, 15) is 4.79 Å². The maximum Gasteiger partial charge on any atom is 0.227 e. The lowest BCUT2D eigenvalue weighted by molar-refractivity contribution is -0.133. The molecule has 1 aliphatic heterocycles. The fourth-order valence-electron chi connectivity index (χ4n) is 6.64. The van der Waals surface area contributed by atoms with Crippen LogP contribution in [0.4, 0.5) is 0 Å². The smallest absolute Gasteiger partial charge is 0.227 e. The highest BCUT2D eigenvalue weighted by atomic mass is 35.5. The van der Waals surface area contributed by atoms with Crippen molar-refractivity contribution in [1.82, 2.24) is 34.6 Å². The number of fused-ring (bicyclic) bond motifs is 1. The summed E-state index contributed by atoms with van der Waals surface area (Å²) in [5.74, 6) is 0.114. The second-order valence-electron chi connectivity index (χ2n) is 12.5. The lowest BCUT2D eigenvalue weighted by Crippen LogP contribution is -2.54. The number of hydrogen-bond acceptors (Lipinski definition) is 5. The molecule has 0 unspecified atom stereocenters. The Morgan fingerprint density at radius 1 is 1.02 bits per heavy atom. The van der Waals surface area contributed by atoms with Crippen LogP contribution in [0.15, 0.2) is 42.6 Å². The lowest BCUT2D eigenvalue weighted by atomic mass is 9.86. The third-order valence-electron chi connectivity index (χ3n) is 9.37. The standard InChI is InChI=1S/C33H39Cl2N7O/c1-21-9-10-24-7-6-8-29(27(24)17-21)41-20-31(36-38-41)33(4,5)40-15-13-39(14-16-40)32(43)19-26-22(2)37-42(23(26)3)30-12-11-25(34)18-28(30)35/h9-12,17-18,20,29H,6-8,13-16,19H2,1-5H3/t29-/m0/s1. The molecule has 1 saturated heterocycles. The van der Waals surface area contributed by atoms with Crippen LogP contribution in [-0.4, -0.2) is 66.7 Å². The van der Waals surface area contributed by atoms with Crippen molar-refractivity contribution in [3.05, 3.63) is 92.0 Å². The van der Waals surface area contributed by atoms with E-state index in [4.69, 9.17) is 28.3 Å². The topological polar surface area (TPSA) is 72.1 Å². The molecule has 2 aromatic heterocycles. The van der Waals surface area contributed by atoms with E-state index in [2.05, 4.69) is 65.1 Å². The zero-order valence-electron chi connectivity index (χ0n) is 25.6. The van der Waals surface area contributed by atoms with Crippen LogP contribution < -0.4 is 0 Å². The molecule has 2 aliphatic rings. The van der Waals surface area contributed by atoms with Gasteiger partial charge in [0.05, 0.1) is 40.6 Å². The van der Waals surface area contributed by atoms with Crippen molar-refractivity contribution < 1.29 is 4.79 Å². The van der Waals surface area contributed by atoms with Crippen LogP contribution >= 0.6 is 23.2 Å². The van der Waals surface area contributed by atoms with E-state index < -0.39 is 0 Å². The van der Waals surface area contributed by atoms with Gasteiger partial charge in [0, 0.05) is 42.5 Å². The molecule has 43 heavy (non-hydrogen) atoms. The van der Waals surface area contributed by atoms with Gasteiger partial charge in [0.15, 0.2) is 0 Å². The highest BCUT2D eigenvalue weighted by Crippen LogP contribution is 2.35. The Bertz CT molecular complexity index is 1670. The van der Waals surface area contributed by atoms with Gasteiger partial charge in [-0.3, -0.25) is 9.69 Å². The van der Waals surface area contributed by atoms with Gasteiger partial charge in [-0.25, -0.2) is 9.36 Å². The first-order valence-corrected chi connectivity index (χ1v) is 15.8. The second kappa shape index (κ2) is 11.7. The Balaban J connectivity index is 1.11. The van der Waals surface area contributed by atoms with Crippen molar-refractivity contribution in [2.24, 2.45) is 0 Å². The summed E-state index contributed by atoms with van der Waals surface area (Å²) < 4.78 is 3.87. The summed E-state index contributed by atoms with van der Waals surface area (Å²) in [4.78, 5) is 17.8. The lowest BCUT2D eigenvalue weighted by Gasteiger charge is -2.43. The van der Waals surface area contributed by atoms with Crippen molar-refractivity contribution in [2.75, 3.05) is 26.2 Å². The fraction of sp³-hybridized carbons (Fsp3) is 0.455. The molecule has 1 atom stereocenters. The second-order valence-corrected chi connectivity index (χ2v) is 13.3. The SMILES string of the molecule is Cc1ccc2c(c1)[C@@H](n1cc(C(C)(C)N3CCN(C(=O)Cc4c(C)nn(-c5ccc(Cl)cc5Cl)c4C)CC3)nn1)CCC2. The normalized spacial score (nSPS) is 17.7. The van der Waals surface area contributed by atoms with Crippen molar-refractivity contribution in [3.63, 3.8) is 0 Å². The van der Waals surface area contributed by atoms with Gasteiger partial charge < -0.3 is 4.90 Å². The maximum atomic E-state index is 13.5. The van der Waals surface area contributed by atoms with Crippen molar-refractivity contribution in [1.29, 1.82) is 0 Å². The first-order chi connectivity index (χ1) is 20.5. The Morgan fingerprint density at radius 3 is 2.53 bits per heavy atom. The van der Waals surface area contributed by atoms with E-state index in [0.717, 1.165) is 60.7 Å². The average Bonchev–Trinajstić information content (AvgIpc) is 3.59. The van der Waals surface area contributed by atoms with Crippen molar-refractivity contribution in [2.45, 2.75) is 71.9 Å². The summed E-state index contributed by atoms with van der Waals surface area (Å²) in [5, 5.41) is 15.1. The monoisotopic (exact) mass is 619 g/mol. The van der Waals surface area contributed by atoms with E-state index in [0.29, 0.717) is 29.6 Å². The number of aryl methyl sites for hydroxylation is 3. The minimum Gasteiger partial charge on any atom is -0.340 e. The van der Waals surface area contributed by atoms with Crippen LogP contribution in [0.1, 0.15) is 72.1 Å². The van der Waals surface area contributed by atoms with Gasteiger partial charge in [-0.05, 0) is 83.2 Å². The first-order valence-electron chi connectivity index (χ1n) is 15.1. The number of aromatic nitrogens is 5. The molecule has 0 N–H and O–H groups in total. The van der Waals surface area contributed by atoms with E-state index >= 15 is 0 Å². The summed E-state index contributed by atoms with van der Waals surface area (Å²) in [6, 6.07) is 12.4. The van der Waals surface area contributed by atoms with Crippen molar-refractivity contribution in [3.8, 4) is 5.69 Å². The molecule has 8 nitrogen and oxygen atoms in total. The van der Waals surface area contributed by atoms with Crippen LogP contribution in [0.2, 0.25) is 10.0 Å². The fourth-order valence-corrected chi connectivity index (χ4v) is 7.12. The molecule has 1 fully saturated rings. The molecule has 3 heterocycles. The zero-order valence-corrected chi connectivity index (χ0v) is 27.1. The van der Waals surface area contributed by atoms with Crippen LogP contribution in [-0.2, 0) is 23.2 Å². The number of benzene rings is 2. The summed E-state index contributed by atoms with van der Waals surface area (Å²) in [5.41, 5.74) is 8.17. The minimum absolute atomic E-state index is 0.114. The van der Waals surface area contributed by atoms with Gasteiger partial charge in [-0.2, -0.15) is 5.10 Å². The Morgan fingerprint density at radius 2 is 1.79 bits per heavy atom. The number of amides is 1. The number of piperazine rings is 1. The van der Waals surface area contributed by atoms with Gasteiger partial charge >= 0.3 is 0 Å². The third-order valence-corrected chi connectivity index (χ3v) is 9.91. The molecule has 0 spiro atoms. The number of carbonyl (C=O) groups is 1. The molecule has 0 radical (unpaired) electrons. The number of nitrogens with zero attached hydrogens (tertiary/aromatic N) is 7. The highest BCUT2D eigenvalue weighted by Gasteiger charge is 2.36. The van der Waals surface area contributed by atoms with Crippen molar-refractivity contribution >= 4 is 29.1 Å². The number of rotatable bonds is 6. The maximum absolute atomic E-state index is 13.5. The average molecular weight is 621 g/mol. The van der Waals surface area contributed by atoms with Gasteiger partial charge in [0.25, 0.3) is 0 Å². The predicted octanol–water partition coefficient (Wildman–Crippen LogP) is 6.24. The van der Waals surface area contributed by atoms with E-state index in [-0.39, 0.29) is 17.5 Å². The van der Waals surface area contributed by atoms with Crippen LogP contribution in [0.3, 0.4) is 0 Å². The molecular weight excluding hydrogens is 581 g/mol. The van der Waals surface area contributed by atoms with Crippen LogP contribution in [0.5, 0.6) is 0 Å². The highest BCUT2D eigenvalue weighted by molar-refractivity contribution is 6.35. The summed E-state index contributed by atoms with van der Waals surface area (Å²) >= 11 is 12.5. The largest absolute Gasteiger partial charge is 0.340 e. The van der Waals surface area contributed by atoms with Crippen LogP contribution in [0, 0.1) is 20.8 Å². The molecule has 2 aromatic carbocycles. The number of carbonyl (C=O) groups excluding carboxylic acids is 1. The summed E-state index contributed by atoms with van der Waals surface area (Å²) in [6.07, 6.45) is 5.80. The predicted molar refractivity (Wildman–Crippen MR) is 170 cm³/mol. The third kappa shape index (κ3) is 5.73. The Labute approximate surface area is 263 Å². The molecule has 0 saturated carbocycles. The van der Waals surface area contributed by atoms with E-state index in [1.807, 2.05) is 24.8 Å². The number of halogens is 2. The van der Waals surface area contributed by atoms with Gasteiger partial charge in [0.2, 0.25) is 5.91 Å². The molecule has 6 rings (SSSR count). The molecule has 0 bridgehead atoms. The zero-order chi connectivity index (χ0) is 30.5. The Hall–Kier alpha value is -3.20. The Kier molecular flexibility index (Phi) is 8.13. The molecule has 226 valence electrons.